The van der Waals surface area contributed by atoms with E-state index in [-0.39, 0.29) is 66.7 Å². The molecule has 0 bridgehead atoms. The summed E-state index contributed by atoms with van der Waals surface area (Å²) in [6.07, 6.45) is 11.3. The van der Waals surface area contributed by atoms with Crippen molar-refractivity contribution in [3.8, 4) is 0 Å². The Labute approximate surface area is 428 Å². The van der Waals surface area contributed by atoms with Crippen LogP contribution < -0.4 is 54.2 Å². The quantitative estimate of drug-likeness (QED) is 0.0301. The minimum absolute atomic E-state index is 0. The summed E-state index contributed by atoms with van der Waals surface area (Å²) in [5.41, 5.74) is 2.34. The average molecular weight is 1020 g/mol. The van der Waals surface area contributed by atoms with E-state index in [2.05, 4.69) is 149 Å². The first-order valence-electron chi connectivity index (χ1n) is 25.1. The SMILES string of the molecule is O=C(CCCc1ccccc1)NCC(CNC(=O)CCCc1ccccc1)(CNC(=O)CCCc1ccccc1)NC(=O)CCCCCCC[P+](c1ccccc1)(c1ccccc1)c1ccccc1.[Br-]. The molecule has 70 heavy (non-hydrogen) atoms. The first kappa shape index (κ1) is 55.0. The highest BCUT2D eigenvalue weighted by molar-refractivity contribution is 7.95. The van der Waals surface area contributed by atoms with Crippen molar-refractivity contribution in [2.24, 2.45) is 0 Å². The topological polar surface area (TPSA) is 116 Å². The van der Waals surface area contributed by atoms with Crippen LogP contribution in [0.1, 0.15) is 93.7 Å². The zero-order valence-corrected chi connectivity index (χ0v) is 43.2. The van der Waals surface area contributed by atoms with E-state index in [9.17, 15) is 19.2 Å². The molecule has 0 aliphatic rings. The monoisotopic (exact) mass is 1020 g/mol. The van der Waals surface area contributed by atoms with Crippen LogP contribution >= 0.6 is 7.26 Å². The predicted octanol–water partition coefficient (Wildman–Crippen LogP) is 6.60. The molecule has 0 aliphatic carbocycles. The molecular weight excluding hydrogens is 952 g/mol. The van der Waals surface area contributed by atoms with Gasteiger partial charge in [0, 0.05) is 45.3 Å². The number of benzene rings is 6. The van der Waals surface area contributed by atoms with Gasteiger partial charge in [-0.2, -0.15) is 0 Å². The molecular formula is C60H72BrN4O4P. The molecule has 0 fully saturated rings. The molecule has 4 N–H and O–H groups in total. The van der Waals surface area contributed by atoms with Crippen molar-refractivity contribution in [3.63, 3.8) is 0 Å². The molecule has 0 atom stereocenters. The molecule has 0 radical (unpaired) electrons. The van der Waals surface area contributed by atoms with E-state index >= 15 is 0 Å². The van der Waals surface area contributed by atoms with Crippen molar-refractivity contribution in [3.05, 3.63) is 199 Å². The van der Waals surface area contributed by atoms with Crippen LogP contribution in [0.5, 0.6) is 0 Å². The third-order valence-corrected chi connectivity index (χ3v) is 17.4. The second kappa shape index (κ2) is 30.7. The van der Waals surface area contributed by atoms with Crippen molar-refractivity contribution >= 4 is 46.8 Å². The Balaban J connectivity index is 0.00000913. The zero-order valence-electron chi connectivity index (χ0n) is 40.7. The van der Waals surface area contributed by atoms with Crippen LogP contribution in [0.2, 0.25) is 0 Å². The van der Waals surface area contributed by atoms with E-state index in [1.54, 1.807) is 0 Å². The van der Waals surface area contributed by atoms with Crippen LogP contribution in [0.4, 0.5) is 0 Å². The predicted molar refractivity (Wildman–Crippen MR) is 286 cm³/mol. The fourth-order valence-corrected chi connectivity index (χ4v) is 13.5. The number of carbonyl (C=O) groups excluding carboxylic acids is 4. The van der Waals surface area contributed by atoms with Crippen molar-refractivity contribution in [1.29, 1.82) is 0 Å². The lowest BCUT2D eigenvalue weighted by molar-refractivity contribution is -0.126. The number of hydrogen-bond donors (Lipinski definition) is 4. The van der Waals surface area contributed by atoms with Gasteiger partial charge in [0.15, 0.2) is 0 Å². The van der Waals surface area contributed by atoms with Gasteiger partial charge in [-0.1, -0.05) is 158 Å². The maximum absolute atomic E-state index is 14.0. The Morgan fingerprint density at radius 1 is 0.343 bits per heavy atom. The first-order valence-corrected chi connectivity index (χ1v) is 27.1. The summed E-state index contributed by atoms with van der Waals surface area (Å²) in [5, 5.41) is 16.6. The molecule has 368 valence electrons. The lowest BCUT2D eigenvalue weighted by atomic mass is 9.97. The van der Waals surface area contributed by atoms with Gasteiger partial charge < -0.3 is 38.2 Å². The summed E-state index contributed by atoms with van der Waals surface area (Å²) in [6, 6.07) is 63.2. The summed E-state index contributed by atoms with van der Waals surface area (Å²) >= 11 is 0. The Morgan fingerprint density at radius 2 is 0.629 bits per heavy atom. The lowest BCUT2D eigenvalue weighted by Crippen LogP contribution is -3.00. The largest absolute Gasteiger partial charge is 1.00 e. The zero-order chi connectivity index (χ0) is 48.3. The highest BCUT2D eigenvalue weighted by Crippen LogP contribution is 2.56. The third kappa shape index (κ3) is 18.5. The summed E-state index contributed by atoms with van der Waals surface area (Å²) in [6.45, 7) is 0.145. The smallest absolute Gasteiger partial charge is 0.220 e. The van der Waals surface area contributed by atoms with Crippen molar-refractivity contribution in [2.75, 3.05) is 25.8 Å². The molecule has 0 saturated carbocycles. The fraction of sp³-hybridized carbons (Fsp3) is 0.333. The number of carbonyl (C=O) groups is 4. The number of amides is 4. The van der Waals surface area contributed by atoms with Crippen LogP contribution in [0, 0.1) is 0 Å². The fourth-order valence-electron chi connectivity index (χ4n) is 9.09. The standard InChI is InChI=1S/C60H71N4O4P.BrH/c65-56(43-24-33-50-27-10-4-11-28-50)61-47-60(48-62-57(66)44-25-34-51-29-12-5-13-30-51,49-63-58(67)45-26-35-52-31-14-6-15-32-52)64-59(68)42-22-2-1-3-23-46-69(53-36-16-7-17-37-53,54-38-18-8-19-39-54)55-40-20-9-21-41-55;/h4-21,27-32,36-41H,1-3,22-26,33-35,42-49H2,(H3-,61,62,63,64,65,66,67,68);1H. The van der Waals surface area contributed by atoms with E-state index in [0.29, 0.717) is 44.9 Å². The molecule has 8 nitrogen and oxygen atoms in total. The molecule has 10 heteroatoms. The van der Waals surface area contributed by atoms with Crippen LogP contribution in [0.15, 0.2) is 182 Å². The Morgan fingerprint density at radius 3 is 0.971 bits per heavy atom. The van der Waals surface area contributed by atoms with Gasteiger partial charge in [0.25, 0.3) is 0 Å². The molecule has 0 unspecified atom stereocenters. The lowest BCUT2D eigenvalue weighted by Gasteiger charge is -2.35. The summed E-state index contributed by atoms with van der Waals surface area (Å²) in [4.78, 5) is 54.2. The average Bonchev–Trinajstić information content (AvgIpc) is 3.39. The molecule has 4 amide bonds. The van der Waals surface area contributed by atoms with Crippen LogP contribution in [-0.2, 0) is 38.4 Å². The van der Waals surface area contributed by atoms with Gasteiger partial charge in [0.2, 0.25) is 23.6 Å². The second-order valence-electron chi connectivity index (χ2n) is 18.2. The van der Waals surface area contributed by atoms with Crippen molar-refractivity contribution < 1.29 is 36.2 Å². The molecule has 0 aliphatic heterocycles. The number of aryl methyl sites for hydroxylation is 3. The highest BCUT2D eigenvalue weighted by Gasteiger charge is 2.44. The number of hydrogen-bond acceptors (Lipinski definition) is 4. The number of rotatable bonds is 30. The molecule has 6 aromatic rings. The summed E-state index contributed by atoms with van der Waals surface area (Å²) in [7, 11) is -1.91. The first-order chi connectivity index (χ1) is 33.8. The second-order valence-corrected chi connectivity index (χ2v) is 21.8. The molecule has 0 aromatic heterocycles. The van der Waals surface area contributed by atoms with Gasteiger partial charge in [-0.15, -0.1) is 0 Å². The van der Waals surface area contributed by atoms with Crippen LogP contribution in [0.3, 0.4) is 0 Å². The Kier molecular flexibility index (Phi) is 24.1. The van der Waals surface area contributed by atoms with E-state index in [1.165, 1.54) is 15.9 Å². The van der Waals surface area contributed by atoms with E-state index < -0.39 is 12.8 Å². The van der Waals surface area contributed by atoms with Gasteiger partial charge in [0.1, 0.15) is 23.2 Å². The van der Waals surface area contributed by atoms with Gasteiger partial charge in [0.05, 0.1) is 11.7 Å². The van der Waals surface area contributed by atoms with Crippen molar-refractivity contribution in [2.45, 2.75) is 102 Å². The van der Waals surface area contributed by atoms with Crippen LogP contribution in [-0.4, -0.2) is 55.0 Å². The molecule has 0 saturated heterocycles. The van der Waals surface area contributed by atoms with Crippen LogP contribution in [0.25, 0.3) is 0 Å². The summed E-state index contributed by atoms with van der Waals surface area (Å²) < 4.78 is 0. The van der Waals surface area contributed by atoms with Gasteiger partial charge >= 0.3 is 0 Å². The number of halogens is 1. The Bertz CT molecular complexity index is 2170. The number of nitrogens with one attached hydrogen (secondary N) is 4. The minimum Gasteiger partial charge on any atom is -1.00 e. The number of unbranched alkanes of at least 4 members (excludes halogenated alkanes) is 4. The van der Waals surface area contributed by atoms with E-state index in [0.717, 1.165) is 67.8 Å². The van der Waals surface area contributed by atoms with E-state index in [4.69, 9.17) is 0 Å². The maximum atomic E-state index is 14.0. The normalized spacial score (nSPS) is 11.2. The molecule has 6 aromatic carbocycles. The van der Waals surface area contributed by atoms with E-state index in [1.807, 2.05) is 54.6 Å². The molecule has 6 rings (SSSR count). The third-order valence-electron chi connectivity index (χ3n) is 12.9. The maximum Gasteiger partial charge on any atom is 0.220 e. The molecule has 0 heterocycles. The minimum atomic E-state index is -1.91. The van der Waals surface area contributed by atoms with Gasteiger partial charge in [-0.3, -0.25) is 19.2 Å². The van der Waals surface area contributed by atoms with Gasteiger partial charge in [-0.25, -0.2) is 0 Å². The Hall–Kier alpha value is -5.89. The highest BCUT2D eigenvalue weighted by atomic mass is 79.9. The van der Waals surface area contributed by atoms with Crippen molar-refractivity contribution in [1.82, 2.24) is 21.3 Å². The van der Waals surface area contributed by atoms with Gasteiger partial charge in [-0.05, 0) is 111 Å². The molecule has 0 spiro atoms. The summed E-state index contributed by atoms with van der Waals surface area (Å²) in [5.74, 6) is -0.615.